The van der Waals surface area contributed by atoms with Gasteiger partial charge in [0.05, 0.1) is 0 Å². The SMILES string of the molecule is Cc1cc[n+](Cc2ccccc2)cc1.[Cl-]. The highest BCUT2D eigenvalue weighted by molar-refractivity contribution is 5.13. The van der Waals surface area contributed by atoms with Crippen LogP contribution in [0.4, 0.5) is 0 Å². The van der Waals surface area contributed by atoms with Crippen LogP contribution in [0, 0.1) is 6.92 Å². The number of rotatable bonds is 2. The molecular weight excluding hydrogens is 206 g/mol. The summed E-state index contributed by atoms with van der Waals surface area (Å²) in [5.41, 5.74) is 2.63. The van der Waals surface area contributed by atoms with Gasteiger partial charge in [-0.25, -0.2) is 4.57 Å². The number of hydrogen-bond donors (Lipinski definition) is 0. The van der Waals surface area contributed by atoms with Crippen molar-refractivity contribution in [3.63, 3.8) is 0 Å². The molecule has 0 aliphatic heterocycles. The maximum absolute atomic E-state index is 2.18. The molecule has 2 aromatic rings. The second-order valence-electron chi connectivity index (χ2n) is 3.53. The zero-order valence-corrected chi connectivity index (χ0v) is 9.48. The number of aryl methyl sites for hydroxylation is 1. The van der Waals surface area contributed by atoms with Crippen LogP contribution in [-0.2, 0) is 6.54 Å². The Morgan fingerprint density at radius 3 is 2.13 bits per heavy atom. The molecule has 0 unspecified atom stereocenters. The lowest BCUT2D eigenvalue weighted by Gasteiger charge is -1.97. The first-order valence-electron chi connectivity index (χ1n) is 4.84. The van der Waals surface area contributed by atoms with E-state index in [4.69, 9.17) is 0 Å². The van der Waals surface area contributed by atoms with Crippen molar-refractivity contribution in [2.75, 3.05) is 0 Å². The first kappa shape index (κ1) is 11.7. The predicted molar refractivity (Wildman–Crippen MR) is 56.9 cm³/mol. The molecule has 0 aliphatic carbocycles. The predicted octanol–water partition coefficient (Wildman–Crippen LogP) is -0.665. The number of aromatic nitrogens is 1. The van der Waals surface area contributed by atoms with Crippen LogP contribution in [0.3, 0.4) is 0 Å². The summed E-state index contributed by atoms with van der Waals surface area (Å²) < 4.78 is 2.18. The molecule has 78 valence electrons. The Morgan fingerprint density at radius 2 is 1.53 bits per heavy atom. The van der Waals surface area contributed by atoms with E-state index < -0.39 is 0 Å². The molecule has 0 N–H and O–H groups in total. The lowest BCUT2D eigenvalue weighted by Crippen LogP contribution is -3.00. The van der Waals surface area contributed by atoms with Gasteiger partial charge in [0.15, 0.2) is 18.9 Å². The van der Waals surface area contributed by atoms with Crippen LogP contribution >= 0.6 is 0 Å². The third kappa shape index (κ3) is 3.37. The zero-order chi connectivity index (χ0) is 9.80. The zero-order valence-electron chi connectivity index (χ0n) is 8.73. The van der Waals surface area contributed by atoms with Crippen LogP contribution in [0.25, 0.3) is 0 Å². The van der Waals surface area contributed by atoms with Crippen LogP contribution in [0.15, 0.2) is 54.9 Å². The largest absolute Gasteiger partial charge is 1.00 e. The summed E-state index contributed by atoms with van der Waals surface area (Å²) in [5.74, 6) is 0. The van der Waals surface area contributed by atoms with Crippen molar-refractivity contribution in [1.29, 1.82) is 0 Å². The Labute approximate surface area is 96.8 Å². The average molecular weight is 220 g/mol. The lowest BCUT2D eigenvalue weighted by atomic mass is 10.2. The molecule has 0 fully saturated rings. The maximum atomic E-state index is 2.18. The van der Waals surface area contributed by atoms with Gasteiger partial charge < -0.3 is 12.4 Å². The molecule has 2 rings (SSSR count). The second-order valence-corrected chi connectivity index (χ2v) is 3.53. The summed E-state index contributed by atoms with van der Waals surface area (Å²) in [6.45, 7) is 3.05. The number of benzene rings is 1. The molecule has 0 spiro atoms. The van der Waals surface area contributed by atoms with E-state index in [0.29, 0.717) is 0 Å². The molecule has 1 aromatic heterocycles. The summed E-state index contributed by atoms with van der Waals surface area (Å²) in [6, 6.07) is 14.7. The molecule has 15 heavy (non-hydrogen) atoms. The summed E-state index contributed by atoms with van der Waals surface area (Å²) in [6.07, 6.45) is 4.23. The van der Waals surface area contributed by atoms with Gasteiger partial charge in [0.25, 0.3) is 0 Å². The van der Waals surface area contributed by atoms with Gasteiger partial charge in [-0.3, -0.25) is 0 Å². The fourth-order valence-electron chi connectivity index (χ4n) is 1.43. The van der Waals surface area contributed by atoms with Gasteiger partial charge in [-0.05, 0) is 12.5 Å². The molecule has 0 bridgehead atoms. The second kappa shape index (κ2) is 5.52. The van der Waals surface area contributed by atoms with Gasteiger partial charge in [0, 0.05) is 17.7 Å². The highest BCUT2D eigenvalue weighted by Gasteiger charge is 1.99. The molecule has 0 amide bonds. The van der Waals surface area contributed by atoms with Crippen molar-refractivity contribution in [3.05, 3.63) is 66.0 Å². The molecule has 0 atom stereocenters. The van der Waals surface area contributed by atoms with Crippen molar-refractivity contribution >= 4 is 0 Å². The highest BCUT2D eigenvalue weighted by Crippen LogP contribution is 1.97. The smallest absolute Gasteiger partial charge is 0.173 e. The van der Waals surface area contributed by atoms with E-state index in [9.17, 15) is 0 Å². The number of pyridine rings is 1. The van der Waals surface area contributed by atoms with Crippen LogP contribution in [0.2, 0.25) is 0 Å². The average Bonchev–Trinajstić information content (AvgIpc) is 2.23. The van der Waals surface area contributed by atoms with Crippen molar-refractivity contribution in [3.8, 4) is 0 Å². The van der Waals surface area contributed by atoms with Gasteiger partial charge in [-0.2, -0.15) is 0 Å². The molecule has 0 saturated carbocycles. The lowest BCUT2D eigenvalue weighted by molar-refractivity contribution is -0.688. The van der Waals surface area contributed by atoms with E-state index in [1.807, 2.05) is 6.07 Å². The van der Waals surface area contributed by atoms with Gasteiger partial charge in [-0.15, -0.1) is 0 Å². The number of nitrogens with zero attached hydrogens (tertiary/aromatic N) is 1. The van der Waals surface area contributed by atoms with Crippen molar-refractivity contribution in [2.24, 2.45) is 0 Å². The van der Waals surface area contributed by atoms with Gasteiger partial charge in [-0.1, -0.05) is 30.3 Å². The highest BCUT2D eigenvalue weighted by atomic mass is 35.5. The molecule has 0 radical (unpaired) electrons. The van der Waals surface area contributed by atoms with Gasteiger partial charge >= 0.3 is 0 Å². The molecule has 0 saturated heterocycles. The van der Waals surface area contributed by atoms with E-state index in [1.54, 1.807) is 0 Å². The maximum Gasteiger partial charge on any atom is 0.173 e. The Morgan fingerprint density at radius 1 is 0.933 bits per heavy atom. The van der Waals surface area contributed by atoms with Gasteiger partial charge in [0.1, 0.15) is 0 Å². The number of halogens is 1. The monoisotopic (exact) mass is 219 g/mol. The Bertz CT molecular complexity index is 395. The molecule has 1 aromatic carbocycles. The first-order chi connectivity index (χ1) is 6.84. The van der Waals surface area contributed by atoms with Crippen molar-refractivity contribution in [2.45, 2.75) is 13.5 Å². The fraction of sp³-hybridized carbons (Fsp3) is 0.154. The summed E-state index contributed by atoms with van der Waals surface area (Å²) in [4.78, 5) is 0. The van der Waals surface area contributed by atoms with Crippen molar-refractivity contribution in [1.82, 2.24) is 0 Å². The van der Waals surface area contributed by atoms with E-state index in [-0.39, 0.29) is 12.4 Å². The molecular formula is C13H14ClN. The minimum Gasteiger partial charge on any atom is -1.00 e. The third-order valence-corrected chi connectivity index (χ3v) is 2.27. The standard InChI is InChI=1S/C13H14N.ClH/c1-12-7-9-14(10-8-12)11-13-5-3-2-4-6-13;/h2-10H,11H2,1H3;1H/q+1;/p-1. The van der Waals surface area contributed by atoms with Gasteiger partial charge in [0.2, 0.25) is 0 Å². The Balaban J connectivity index is 0.00000112. The van der Waals surface area contributed by atoms with Crippen LogP contribution in [0.1, 0.15) is 11.1 Å². The Hall–Kier alpha value is -1.34. The molecule has 1 nitrogen and oxygen atoms in total. The van der Waals surface area contributed by atoms with E-state index in [1.165, 1.54) is 11.1 Å². The molecule has 2 heteroatoms. The van der Waals surface area contributed by atoms with E-state index >= 15 is 0 Å². The summed E-state index contributed by atoms with van der Waals surface area (Å²) in [5, 5.41) is 0. The van der Waals surface area contributed by atoms with Crippen LogP contribution in [-0.4, -0.2) is 0 Å². The topological polar surface area (TPSA) is 3.88 Å². The van der Waals surface area contributed by atoms with Crippen molar-refractivity contribution < 1.29 is 17.0 Å². The summed E-state index contributed by atoms with van der Waals surface area (Å²) in [7, 11) is 0. The minimum atomic E-state index is 0. The number of hydrogen-bond acceptors (Lipinski definition) is 0. The first-order valence-corrected chi connectivity index (χ1v) is 4.84. The molecule has 1 heterocycles. The van der Waals surface area contributed by atoms with Crippen LogP contribution < -0.4 is 17.0 Å². The third-order valence-electron chi connectivity index (χ3n) is 2.27. The summed E-state index contributed by atoms with van der Waals surface area (Å²) >= 11 is 0. The minimum absolute atomic E-state index is 0. The normalized spacial score (nSPS) is 9.40. The quantitative estimate of drug-likeness (QED) is 0.591. The van der Waals surface area contributed by atoms with E-state index in [2.05, 4.69) is 60.3 Å². The van der Waals surface area contributed by atoms with E-state index in [0.717, 1.165) is 6.54 Å². The molecule has 0 aliphatic rings. The fourth-order valence-corrected chi connectivity index (χ4v) is 1.43. The van der Waals surface area contributed by atoms with Crippen LogP contribution in [0.5, 0.6) is 0 Å². The Kier molecular flexibility index (Phi) is 4.32.